The lowest BCUT2D eigenvalue weighted by Crippen LogP contribution is -2.31. The molecular weight excluding hydrogens is 314 g/mol. The molecule has 0 aliphatic rings. The Hall–Kier alpha value is -1.57. The summed E-state index contributed by atoms with van der Waals surface area (Å²) in [4.78, 5) is 0. The highest BCUT2D eigenvalue weighted by Gasteiger charge is 2.32. The van der Waals surface area contributed by atoms with E-state index in [-0.39, 0.29) is 15.8 Å². The number of benzene rings is 1. The molecule has 114 valence electrons. The van der Waals surface area contributed by atoms with Crippen molar-refractivity contribution in [2.24, 2.45) is 7.05 Å². The summed E-state index contributed by atoms with van der Waals surface area (Å²) in [6, 6.07) is 6.06. The van der Waals surface area contributed by atoms with Gasteiger partial charge in [-0.15, -0.1) is 0 Å². The summed E-state index contributed by atoms with van der Waals surface area (Å²) in [5, 5.41) is 13.7. The van der Waals surface area contributed by atoms with Crippen LogP contribution in [-0.4, -0.2) is 34.7 Å². The molecule has 0 amide bonds. The molecule has 0 saturated heterocycles. The zero-order chi connectivity index (χ0) is 15.8. The first-order valence-electron chi connectivity index (χ1n) is 6.20. The number of hydrogen-bond donors (Lipinski definition) is 1. The van der Waals surface area contributed by atoms with Crippen LogP contribution in [0, 0.1) is 0 Å². The van der Waals surface area contributed by atoms with Gasteiger partial charge in [-0.05, 0) is 13.0 Å². The molecule has 2 rings (SSSR count). The maximum Gasteiger partial charge on any atom is 0.262 e. The van der Waals surface area contributed by atoms with E-state index in [1.54, 1.807) is 25.1 Å². The quantitative estimate of drug-likeness (QED) is 0.932. The SMILES string of the molecule is CC(c1ccccc1O)N(C)S(=O)(=O)c1c(Cl)cnn1C. The molecule has 2 aromatic rings. The molecule has 1 atom stereocenters. The summed E-state index contributed by atoms with van der Waals surface area (Å²) in [6.45, 7) is 1.69. The molecule has 1 heterocycles. The lowest BCUT2D eigenvalue weighted by molar-refractivity contribution is 0.377. The first-order valence-corrected chi connectivity index (χ1v) is 8.02. The Morgan fingerprint density at radius 3 is 2.52 bits per heavy atom. The van der Waals surface area contributed by atoms with Gasteiger partial charge < -0.3 is 5.11 Å². The first kappa shape index (κ1) is 15.8. The fraction of sp³-hybridized carbons (Fsp3) is 0.308. The molecule has 0 fully saturated rings. The van der Waals surface area contributed by atoms with Crippen LogP contribution in [0.4, 0.5) is 0 Å². The van der Waals surface area contributed by atoms with E-state index in [9.17, 15) is 13.5 Å². The minimum absolute atomic E-state index is 0.0446. The Balaban J connectivity index is 2.44. The molecule has 1 unspecified atom stereocenters. The summed E-state index contributed by atoms with van der Waals surface area (Å²) < 4.78 is 27.7. The predicted octanol–water partition coefficient (Wildman–Crippen LogP) is 2.16. The van der Waals surface area contributed by atoms with Gasteiger partial charge >= 0.3 is 0 Å². The lowest BCUT2D eigenvalue weighted by atomic mass is 10.1. The summed E-state index contributed by atoms with van der Waals surface area (Å²) in [6.07, 6.45) is 1.28. The van der Waals surface area contributed by atoms with Crippen LogP contribution in [0.1, 0.15) is 18.5 Å². The number of aromatic hydroxyl groups is 1. The molecule has 0 aliphatic heterocycles. The maximum absolute atomic E-state index is 12.7. The van der Waals surface area contributed by atoms with Crippen LogP contribution in [0.15, 0.2) is 35.5 Å². The predicted molar refractivity (Wildman–Crippen MR) is 79.7 cm³/mol. The van der Waals surface area contributed by atoms with Gasteiger partial charge in [-0.25, -0.2) is 8.42 Å². The molecule has 21 heavy (non-hydrogen) atoms. The van der Waals surface area contributed by atoms with Gasteiger partial charge in [0.15, 0.2) is 5.03 Å². The standard InChI is InChI=1S/C13H16ClN3O3S/c1-9(10-6-4-5-7-12(10)18)17(3)21(19,20)13-11(14)8-15-16(13)2/h4-9,18H,1-3H3. The van der Waals surface area contributed by atoms with Gasteiger partial charge in [0.2, 0.25) is 0 Å². The van der Waals surface area contributed by atoms with Crippen molar-refractivity contribution in [2.45, 2.75) is 18.0 Å². The molecule has 1 aromatic carbocycles. The van der Waals surface area contributed by atoms with E-state index in [0.29, 0.717) is 5.56 Å². The molecule has 0 spiro atoms. The number of hydrogen-bond acceptors (Lipinski definition) is 4. The van der Waals surface area contributed by atoms with Crippen molar-refractivity contribution in [2.75, 3.05) is 7.05 Å². The number of phenolic OH excluding ortho intramolecular Hbond substituents is 1. The van der Waals surface area contributed by atoms with Gasteiger partial charge in [0, 0.05) is 19.7 Å². The van der Waals surface area contributed by atoms with Crippen molar-refractivity contribution >= 4 is 21.6 Å². The third-order valence-corrected chi connectivity index (χ3v) is 5.83. The van der Waals surface area contributed by atoms with Crippen molar-refractivity contribution < 1.29 is 13.5 Å². The third kappa shape index (κ3) is 2.76. The second-order valence-corrected chi connectivity index (χ2v) is 7.00. The smallest absolute Gasteiger partial charge is 0.262 e. The summed E-state index contributed by atoms with van der Waals surface area (Å²) in [5.41, 5.74) is 0.516. The van der Waals surface area contributed by atoms with Crippen LogP contribution in [0.25, 0.3) is 0 Å². The molecule has 0 bridgehead atoms. The zero-order valence-corrected chi connectivity index (χ0v) is 13.4. The van der Waals surface area contributed by atoms with Crippen LogP contribution >= 0.6 is 11.6 Å². The molecule has 1 aromatic heterocycles. The number of para-hydroxylation sites is 1. The lowest BCUT2D eigenvalue weighted by Gasteiger charge is -2.25. The van der Waals surface area contributed by atoms with E-state index in [0.717, 1.165) is 4.31 Å². The number of aryl methyl sites for hydroxylation is 1. The Labute approximate surface area is 128 Å². The zero-order valence-electron chi connectivity index (χ0n) is 11.9. The van der Waals surface area contributed by atoms with Crippen LogP contribution in [0.3, 0.4) is 0 Å². The average Bonchev–Trinajstić information content (AvgIpc) is 2.77. The van der Waals surface area contributed by atoms with Crippen molar-refractivity contribution in [3.8, 4) is 5.75 Å². The summed E-state index contributed by atoms with van der Waals surface area (Å²) in [7, 11) is -0.879. The fourth-order valence-electron chi connectivity index (χ4n) is 2.07. The van der Waals surface area contributed by atoms with E-state index in [1.165, 1.54) is 31.0 Å². The Morgan fingerprint density at radius 1 is 1.38 bits per heavy atom. The topological polar surface area (TPSA) is 75.4 Å². The highest BCUT2D eigenvalue weighted by molar-refractivity contribution is 7.89. The summed E-state index contributed by atoms with van der Waals surface area (Å²) >= 11 is 5.92. The van der Waals surface area contributed by atoms with Crippen LogP contribution in [-0.2, 0) is 17.1 Å². The number of halogens is 1. The van der Waals surface area contributed by atoms with Gasteiger partial charge in [-0.3, -0.25) is 4.68 Å². The second kappa shape index (κ2) is 5.67. The van der Waals surface area contributed by atoms with Gasteiger partial charge in [0.05, 0.1) is 17.3 Å². The second-order valence-electron chi connectivity index (χ2n) is 4.68. The minimum Gasteiger partial charge on any atom is -0.508 e. The molecule has 1 N–H and O–H groups in total. The average molecular weight is 330 g/mol. The van der Waals surface area contributed by atoms with Crippen molar-refractivity contribution in [1.82, 2.24) is 14.1 Å². The van der Waals surface area contributed by atoms with Gasteiger partial charge in [0.25, 0.3) is 10.0 Å². The van der Waals surface area contributed by atoms with Gasteiger partial charge in [0.1, 0.15) is 5.75 Å². The number of nitrogens with zero attached hydrogens (tertiary/aromatic N) is 3. The van der Waals surface area contributed by atoms with E-state index >= 15 is 0 Å². The van der Waals surface area contributed by atoms with Gasteiger partial charge in [-0.2, -0.15) is 9.40 Å². The minimum atomic E-state index is -3.83. The first-order chi connectivity index (χ1) is 9.76. The Bertz CT molecular complexity index is 738. The molecule has 8 heteroatoms. The molecule has 0 saturated carbocycles. The monoisotopic (exact) mass is 329 g/mol. The van der Waals surface area contributed by atoms with E-state index in [4.69, 9.17) is 11.6 Å². The van der Waals surface area contributed by atoms with Crippen LogP contribution in [0.2, 0.25) is 5.02 Å². The van der Waals surface area contributed by atoms with E-state index in [2.05, 4.69) is 5.10 Å². The molecule has 0 aliphatic carbocycles. The van der Waals surface area contributed by atoms with E-state index in [1.807, 2.05) is 0 Å². The van der Waals surface area contributed by atoms with Crippen molar-refractivity contribution in [3.05, 3.63) is 41.0 Å². The molecular formula is C13H16ClN3O3S. The van der Waals surface area contributed by atoms with Crippen LogP contribution in [0.5, 0.6) is 5.75 Å². The maximum atomic E-state index is 12.7. The molecule has 6 nitrogen and oxygen atoms in total. The third-order valence-electron chi connectivity index (χ3n) is 3.40. The van der Waals surface area contributed by atoms with Gasteiger partial charge in [-0.1, -0.05) is 29.8 Å². The van der Waals surface area contributed by atoms with E-state index < -0.39 is 16.1 Å². The number of sulfonamides is 1. The number of aromatic nitrogens is 2. The normalized spacial score (nSPS) is 13.6. The molecule has 0 radical (unpaired) electrons. The Kier molecular flexibility index (Phi) is 4.27. The highest BCUT2D eigenvalue weighted by atomic mass is 35.5. The Morgan fingerprint density at radius 2 is 2.00 bits per heavy atom. The summed E-state index contributed by atoms with van der Waals surface area (Å²) in [5.74, 6) is 0.0446. The highest BCUT2D eigenvalue weighted by Crippen LogP contribution is 2.32. The largest absolute Gasteiger partial charge is 0.508 e. The number of rotatable bonds is 4. The van der Waals surface area contributed by atoms with Crippen molar-refractivity contribution in [1.29, 1.82) is 0 Å². The van der Waals surface area contributed by atoms with Crippen LogP contribution < -0.4 is 0 Å². The number of phenols is 1. The van der Waals surface area contributed by atoms with Crippen molar-refractivity contribution in [3.63, 3.8) is 0 Å². The fourth-order valence-corrected chi connectivity index (χ4v) is 4.01.